The summed E-state index contributed by atoms with van der Waals surface area (Å²) in [5.74, 6) is 0. The Morgan fingerprint density at radius 1 is 1.25 bits per heavy atom. The maximum absolute atomic E-state index is 10.9. The van der Waals surface area contributed by atoms with Gasteiger partial charge in [-0.3, -0.25) is 10.1 Å². The smallest absolute Gasteiger partial charge is 0.270 e. The molecule has 0 bridgehead atoms. The summed E-state index contributed by atoms with van der Waals surface area (Å²) in [4.78, 5) is 15.0. The normalized spacial score (nSPS) is 10.8. The minimum atomic E-state index is -0.415. The van der Waals surface area contributed by atoms with Crippen LogP contribution >= 0.6 is 0 Å². The molecule has 0 unspecified atom stereocenters. The van der Waals surface area contributed by atoms with Crippen molar-refractivity contribution in [3.63, 3.8) is 0 Å². The quantitative estimate of drug-likeness (QED) is 0.583. The van der Waals surface area contributed by atoms with E-state index >= 15 is 0 Å². The number of imidazole rings is 1. The maximum Gasteiger partial charge on any atom is 0.270 e. The van der Waals surface area contributed by atoms with Crippen molar-refractivity contribution in [1.29, 1.82) is 0 Å². The summed E-state index contributed by atoms with van der Waals surface area (Å²) in [5.41, 5.74) is 8.83. The summed E-state index contributed by atoms with van der Waals surface area (Å²) < 4.78 is 1.90. The molecule has 0 aliphatic heterocycles. The number of hydrogen-bond acceptors (Lipinski definition) is 4. The van der Waals surface area contributed by atoms with Crippen molar-refractivity contribution in [2.75, 3.05) is 0 Å². The summed E-state index contributed by atoms with van der Waals surface area (Å²) >= 11 is 0. The van der Waals surface area contributed by atoms with Crippen LogP contribution in [0.3, 0.4) is 0 Å². The third-order valence-electron chi connectivity index (χ3n) is 3.15. The molecule has 2 aromatic heterocycles. The summed E-state index contributed by atoms with van der Waals surface area (Å²) in [6, 6.07) is 12.1. The fourth-order valence-corrected chi connectivity index (χ4v) is 2.24. The van der Waals surface area contributed by atoms with E-state index < -0.39 is 4.92 Å². The highest BCUT2D eigenvalue weighted by molar-refractivity contribution is 5.68. The number of benzene rings is 1. The van der Waals surface area contributed by atoms with Gasteiger partial charge in [-0.25, -0.2) is 4.98 Å². The number of non-ortho nitro benzene ring substituents is 1. The molecule has 2 heterocycles. The zero-order valence-corrected chi connectivity index (χ0v) is 10.6. The zero-order chi connectivity index (χ0) is 14.1. The van der Waals surface area contributed by atoms with Gasteiger partial charge in [0.05, 0.1) is 16.3 Å². The largest absolute Gasteiger partial charge is 0.325 e. The second kappa shape index (κ2) is 4.75. The fourth-order valence-electron chi connectivity index (χ4n) is 2.24. The highest BCUT2D eigenvalue weighted by atomic mass is 16.6. The first-order valence-corrected chi connectivity index (χ1v) is 6.11. The molecule has 1 aromatic carbocycles. The molecule has 6 nitrogen and oxygen atoms in total. The van der Waals surface area contributed by atoms with Gasteiger partial charge in [-0.2, -0.15) is 0 Å². The van der Waals surface area contributed by atoms with E-state index in [4.69, 9.17) is 5.73 Å². The van der Waals surface area contributed by atoms with Gasteiger partial charge in [0.25, 0.3) is 5.69 Å². The zero-order valence-electron chi connectivity index (χ0n) is 10.6. The van der Waals surface area contributed by atoms with Crippen LogP contribution < -0.4 is 5.73 Å². The predicted molar refractivity (Wildman–Crippen MR) is 75.2 cm³/mol. The van der Waals surface area contributed by atoms with E-state index in [0.717, 1.165) is 11.3 Å². The Labute approximate surface area is 114 Å². The van der Waals surface area contributed by atoms with Crippen LogP contribution in [0.4, 0.5) is 5.69 Å². The van der Waals surface area contributed by atoms with Gasteiger partial charge in [0.1, 0.15) is 5.65 Å². The van der Waals surface area contributed by atoms with E-state index in [9.17, 15) is 10.1 Å². The molecule has 0 saturated carbocycles. The van der Waals surface area contributed by atoms with E-state index in [1.54, 1.807) is 12.1 Å². The van der Waals surface area contributed by atoms with E-state index in [-0.39, 0.29) is 5.69 Å². The molecule has 0 fully saturated rings. The number of nitrogens with two attached hydrogens (primary N) is 1. The predicted octanol–water partition coefficient (Wildman–Crippen LogP) is 2.37. The third-order valence-corrected chi connectivity index (χ3v) is 3.15. The summed E-state index contributed by atoms with van der Waals surface area (Å²) in [6.45, 7) is 0.309. The lowest BCUT2D eigenvalue weighted by molar-refractivity contribution is -0.384. The van der Waals surface area contributed by atoms with Gasteiger partial charge in [-0.15, -0.1) is 0 Å². The van der Waals surface area contributed by atoms with E-state index in [2.05, 4.69) is 4.98 Å². The SMILES string of the molecule is NCc1c(-c2cccc([N+](=O)[O-])c2)nc2ccccn12. The van der Waals surface area contributed by atoms with Crippen molar-refractivity contribution >= 4 is 11.3 Å². The second-order valence-corrected chi connectivity index (χ2v) is 4.35. The third kappa shape index (κ3) is 1.92. The number of aromatic nitrogens is 2. The first kappa shape index (κ1) is 12.3. The number of hydrogen-bond donors (Lipinski definition) is 1. The lowest BCUT2D eigenvalue weighted by Gasteiger charge is -2.02. The van der Waals surface area contributed by atoms with Crippen LogP contribution in [0.1, 0.15) is 5.69 Å². The first-order chi connectivity index (χ1) is 9.70. The van der Waals surface area contributed by atoms with Gasteiger partial charge in [-0.1, -0.05) is 18.2 Å². The first-order valence-electron chi connectivity index (χ1n) is 6.11. The highest BCUT2D eigenvalue weighted by Gasteiger charge is 2.14. The van der Waals surface area contributed by atoms with Gasteiger partial charge < -0.3 is 10.1 Å². The Balaban J connectivity index is 2.23. The van der Waals surface area contributed by atoms with Gasteiger partial charge in [0.15, 0.2) is 0 Å². The fraction of sp³-hybridized carbons (Fsp3) is 0.0714. The molecule has 0 aliphatic rings. The number of rotatable bonds is 3. The van der Waals surface area contributed by atoms with Crippen LogP contribution in [0.15, 0.2) is 48.7 Å². The molecule has 6 heteroatoms. The van der Waals surface area contributed by atoms with Crippen LogP contribution in [0, 0.1) is 10.1 Å². The molecule has 20 heavy (non-hydrogen) atoms. The maximum atomic E-state index is 10.9. The van der Waals surface area contributed by atoms with Crippen LogP contribution in [0.2, 0.25) is 0 Å². The standard InChI is InChI=1S/C14H12N4O2/c15-9-12-14(16-13-6-1-2-7-17(12)13)10-4-3-5-11(8-10)18(19)20/h1-8H,9,15H2. The molecule has 100 valence electrons. The van der Waals surface area contributed by atoms with Crippen LogP contribution in [-0.4, -0.2) is 14.3 Å². The summed E-state index contributed by atoms with van der Waals surface area (Å²) in [5, 5.41) is 10.9. The number of nitro groups is 1. The minimum absolute atomic E-state index is 0.0440. The van der Waals surface area contributed by atoms with Crippen molar-refractivity contribution < 1.29 is 4.92 Å². The van der Waals surface area contributed by atoms with Gasteiger partial charge >= 0.3 is 0 Å². The molecule has 0 aliphatic carbocycles. The molecule has 3 aromatic rings. The van der Waals surface area contributed by atoms with Crippen LogP contribution in [0.25, 0.3) is 16.9 Å². The van der Waals surface area contributed by atoms with Gasteiger partial charge in [0.2, 0.25) is 0 Å². The average Bonchev–Trinajstić information content (AvgIpc) is 2.86. The monoisotopic (exact) mass is 268 g/mol. The van der Waals surface area contributed by atoms with Crippen molar-refractivity contribution in [3.8, 4) is 11.3 Å². The molecule has 0 radical (unpaired) electrons. The summed E-state index contributed by atoms with van der Waals surface area (Å²) in [7, 11) is 0. The van der Waals surface area contributed by atoms with Crippen molar-refractivity contribution in [2.24, 2.45) is 5.73 Å². The molecule has 3 rings (SSSR count). The Kier molecular flexibility index (Phi) is 2.92. The number of fused-ring (bicyclic) bond motifs is 1. The van der Waals surface area contributed by atoms with E-state index in [0.29, 0.717) is 17.8 Å². The highest BCUT2D eigenvalue weighted by Crippen LogP contribution is 2.27. The molecule has 0 amide bonds. The Morgan fingerprint density at radius 3 is 2.85 bits per heavy atom. The Morgan fingerprint density at radius 2 is 2.10 bits per heavy atom. The molecule has 0 atom stereocenters. The Hall–Kier alpha value is -2.73. The lowest BCUT2D eigenvalue weighted by atomic mass is 10.1. The lowest BCUT2D eigenvalue weighted by Crippen LogP contribution is -2.02. The molecule has 0 spiro atoms. The van der Waals surface area contributed by atoms with Crippen LogP contribution in [-0.2, 0) is 6.54 Å². The van der Waals surface area contributed by atoms with Crippen molar-refractivity contribution in [2.45, 2.75) is 6.54 Å². The number of nitrogens with zero attached hydrogens (tertiary/aromatic N) is 3. The van der Waals surface area contributed by atoms with Crippen LogP contribution in [0.5, 0.6) is 0 Å². The second-order valence-electron chi connectivity index (χ2n) is 4.35. The molecule has 0 saturated heterocycles. The van der Waals surface area contributed by atoms with Gasteiger partial charge in [-0.05, 0) is 12.1 Å². The van der Waals surface area contributed by atoms with Gasteiger partial charge in [0, 0.05) is 30.4 Å². The minimum Gasteiger partial charge on any atom is -0.325 e. The molecular formula is C14H12N4O2. The summed E-state index contributed by atoms with van der Waals surface area (Å²) in [6.07, 6.45) is 1.88. The van der Waals surface area contributed by atoms with Crippen molar-refractivity contribution in [3.05, 3.63) is 64.5 Å². The Bertz CT molecular complexity index is 795. The molecular weight excluding hydrogens is 256 g/mol. The number of pyridine rings is 1. The number of nitro benzene ring substituents is 1. The average molecular weight is 268 g/mol. The topological polar surface area (TPSA) is 86.5 Å². The molecule has 2 N–H and O–H groups in total. The van der Waals surface area contributed by atoms with E-state index in [1.165, 1.54) is 12.1 Å². The van der Waals surface area contributed by atoms with E-state index in [1.807, 2.05) is 28.8 Å². The van der Waals surface area contributed by atoms with Crippen molar-refractivity contribution in [1.82, 2.24) is 9.38 Å².